The van der Waals surface area contributed by atoms with Crippen molar-refractivity contribution in [2.75, 3.05) is 12.0 Å². The molecule has 2 aromatic carbocycles. The molecule has 0 N–H and O–H groups in total. The minimum atomic E-state index is -0.653. The molecule has 2 aliphatic heterocycles. The first-order chi connectivity index (χ1) is 15.6. The smallest absolute Gasteiger partial charge is 0.332 e. The van der Waals surface area contributed by atoms with Crippen LogP contribution in [0.2, 0.25) is 0 Å². The number of methoxy groups -OCH3 is 1. The van der Waals surface area contributed by atoms with Crippen molar-refractivity contribution < 1.29 is 23.2 Å². The van der Waals surface area contributed by atoms with Crippen molar-refractivity contribution >= 4 is 29.4 Å². The molecule has 3 amide bonds. The summed E-state index contributed by atoms with van der Waals surface area (Å²) in [7, 11) is 1.55. The number of aromatic nitrogens is 2. The van der Waals surface area contributed by atoms with Crippen LogP contribution in [0.15, 0.2) is 64.5 Å². The number of urea groups is 1. The average Bonchev–Trinajstić information content (AvgIpc) is 3.48. The highest BCUT2D eigenvalue weighted by atomic mass is 32.2. The molecule has 1 saturated heterocycles. The molecule has 8 nitrogen and oxygen atoms in total. The number of benzene rings is 2. The molecule has 10 heteroatoms. The summed E-state index contributed by atoms with van der Waals surface area (Å²) in [6, 6.07) is 11.8. The van der Waals surface area contributed by atoms with Crippen LogP contribution in [0.3, 0.4) is 0 Å². The van der Waals surface area contributed by atoms with Gasteiger partial charge in [0.2, 0.25) is 11.7 Å². The van der Waals surface area contributed by atoms with Crippen LogP contribution < -0.4 is 9.64 Å². The summed E-state index contributed by atoms with van der Waals surface area (Å²) in [5.74, 6) is -0.0280. The first-order valence-electron chi connectivity index (χ1n) is 9.75. The lowest BCUT2D eigenvalue weighted by molar-refractivity contribution is -0.119. The number of thioether (sulfide) groups is 1. The number of halogens is 1. The molecular formula is C22H17FN4O4S. The minimum absolute atomic E-state index is 0.0364. The Morgan fingerprint density at radius 3 is 2.75 bits per heavy atom. The summed E-state index contributed by atoms with van der Waals surface area (Å²) in [6.07, 6.45) is 1.78. The van der Waals surface area contributed by atoms with Gasteiger partial charge in [0, 0.05) is 0 Å². The summed E-state index contributed by atoms with van der Waals surface area (Å²) >= 11 is 1.29. The number of amides is 3. The molecule has 2 aliphatic rings. The number of carbonyl (C=O) groups excluding carboxylic acids is 2. The van der Waals surface area contributed by atoms with Gasteiger partial charge >= 0.3 is 6.03 Å². The lowest BCUT2D eigenvalue weighted by Crippen LogP contribution is -2.62. The number of hydrogen-bond acceptors (Lipinski definition) is 7. The number of carbonyl (C=O) groups is 2. The van der Waals surface area contributed by atoms with Crippen LogP contribution in [0.4, 0.5) is 14.9 Å². The maximum absolute atomic E-state index is 14.4. The van der Waals surface area contributed by atoms with Crippen molar-refractivity contribution in [3.63, 3.8) is 0 Å². The quantitative estimate of drug-likeness (QED) is 0.581. The van der Waals surface area contributed by atoms with Crippen LogP contribution in [-0.2, 0) is 11.3 Å². The topological polar surface area (TPSA) is 88.8 Å². The first kappa shape index (κ1) is 20.3. The lowest BCUT2D eigenvalue weighted by atomic mass is 10.1. The summed E-state index contributed by atoms with van der Waals surface area (Å²) in [6.45, 7) is -0.0364. The highest BCUT2D eigenvalue weighted by molar-refractivity contribution is 8.03. The van der Waals surface area contributed by atoms with Gasteiger partial charge in [-0.2, -0.15) is 4.98 Å². The molecule has 1 fully saturated rings. The SMILES string of the molecule is COc1ccccc1-c1noc(CN2C(=O)N(c3ccccc3F)C(=O)C3SC=CC32)n1. The molecule has 3 aromatic rings. The molecule has 0 bridgehead atoms. The predicted octanol–water partition coefficient (Wildman–Crippen LogP) is 3.85. The maximum Gasteiger partial charge on any atom is 0.332 e. The van der Waals surface area contributed by atoms with Gasteiger partial charge in [-0.05, 0) is 29.7 Å². The lowest BCUT2D eigenvalue weighted by Gasteiger charge is -2.40. The Morgan fingerprint density at radius 1 is 1.16 bits per heavy atom. The molecule has 32 heavy (non-hydrogen) atoms. The van der Waals surface area contributed by atoms with Crippen LogP contribution in [0.25, 0.3) is 11.4 Å². The fraction of sp³-hybridized carbons (Fsp3) is 0.182. The molecule has 0 radical (unpaired) electrons. The molecule has 2 atom stereocenters. The number of imide groups is 1. The standard InChI is InChI=1S/C22H17FN4O4S/c1-30-17-9-5-2-6-13(17)20-24-18(31-25-20)12-26-16-10-11-32-19(16)21(28)27(22(26)29)15-8-4-3-7-14(15)23/h2-11,16,19H,12H2,1H3. The molecule has 0 aliphatic carbocycles. The van der Waals surface area contributed by atoms with Gasteiger partial charge in [0.05, 0.1) is 24.4 Å². The van der Waals surface area contributed by atoms with Crippen molar-refractivity contribution in [2.45, 2.75) is 17.8 Å². The van der Waals surface area contributed by atoms with E-state index in [0.717, 1.165) is 4.90 Å². The second-order valence-corrected chi connectivity index (χ2v) is 8.18. The van der Waals surface area contributed by atoms with Crippen molar-refractivity contribution in [1.29, 1.82) is 0 Å². The van der Waals surface area contributed by atoms with E-state index < -0.39 is 29.0 Å². The zero-order chi connectivity index (χ0) is 22.2. The maximum atomic E-state index is 14.4. The Morgan fingerprint density at radius 2 is 1.94 bits per heavy atom. The van der Waals surface area contributed by atoms with E-state index in [9.17, 15) is 14.0 Å². The first-order valence-corrected chi connectivity index (χ1v) is 10.7. The monoisotopic (exact) mass is 452 g/mol. The van der Waals surface area contributed by atoms with Crippen molar-refractivity contribution in [1.82, 2.24) is 15.0 Å². The van der Waals surface area contributed by atoms with Crippen molar-refractivity contribution in [3.05, 3.63) is 71.7 Å². The highest BCUT2D eigenvalue weighted by Crippen LogP contribution is 2.37. The van der Waals surface area contributed by atoms with Crippen LogP contribution in [0, 0.1) is 5.82 Å². The van der Waals surface area contributed by atoms with Gasteiger partial charge < -0.3 is 14.2 Å². The van der Waals surface area contributed by atoms with E-state index >= 15 is 0 Å². The molecule has 162 valence electrons. The number of para-hydroxylation sites is 2. The Balaban J connectivity index is 1.47. The number of fused-ring (bicyclic) bond motifs is 1. The molecule has 5 rings (SSSR count). The zero-order valence-corrected chi connectivity index (χ0v) is 17.7. The fourth-order valence-corrected chi connectivity index (χ4v) is 4.81. The summed E-state index contributed by atoms with van der Waals surface area (Å²) in [5.41, 5.74) is 0.561. The normalized spacial score (nSPS) is 20.1. The largest absolute Gasteiger partial charge is 0.496 e. The number of nitrogens with zero attached hydrogens (tertiary/aromatic N) is 4. The summed E-state index contributed by atoms with van der Waals surface area (Å²) < 4.78 is 25.2. The third-order valence-corrected chi connectivity index (χ3v) is 6.37. The Labute approximate surface area is 186 Å². The van der Waals surface area contributed by atoms with E-state index in [0.29, 0.717) is 17.1 Å². The van der Waals surface area contributed by atoms with E-state index in [1.807, 2.05) is 12.1 Å². The van der Waals surface area contributed by atoms with Gasteiger partial charge in [-0.25, -0.2) is 14.1 Å². The third-order valence-electron chi connectivity index (χ3n) is 5.29. The number of anilines is 1. The van der Waals surface area contributed by atoms with Gasteiger partial charge in [-0.15, -0.1) is 11.8 Å². The van der Waals surface area contributed by atoms with Crippen LogP contribution in [-0.4, -0.2) is 45.4 Å². The summed E-state index contributed by atoms with van der Waals surface area (Å²) in [5, 5.41) is 5.20. The van der Waals surface area contributed by atoms with Gasteiger partial charge in [-0.3, -0.25) is 4.79 Å². The van der Waals surface area contributed by atoms with Crippen LogP contribution in [0.1, 0.15) is 5.89 Å². The number of rotatable bonds is 5. The second kappa shape index (κ2) is 8.12. The fourth-order valence-electron chi connectivity index (χ4n) is 3.77. The molecule has 0 spiro atoms. The molecule has 3 heterocycles. The third kappa shape index (κ3) is 3.32. The predicted molar refractivity (Wildman–Crippen MR) is 115 cm³/mol. The van der Waals surface area contributed by atoms with E-state index in [1.54, 1.807) is 36.8 Å². The second-order valence-electron chi connectivity index (χ2n) is 7.12. The highest BCUT2D eigenvalue weighted by Gasteiger charge is 2.48. The zero-order valence-electron chi connectivity index (χ0n) is 16.8. The van der Waals surface area contributed by atoms with Gasteiger partial charge in [0.15, 0.2) is 0 Å². The van der Waals surface area contributed by atoms with E-state index in [4.69, 9.17) is 9.26 Å². The van der Waals surface area contributed by atoms with E-state index in [2.05, 4.69) is 10.1 Å². The minimum Gasteiger partial charge on any atom is -0.496 e. The molecule has 1 aromatic heterocycles. The van der Waals surface area contributed by atoms with Gasteiger partial charge in [-0.1, -0.05) is 35.5 Å². The van der Waals surface area contributed by atoms with Crippen LogP contribution in [0.5, 0.6) is 5.75 Å². The van der Waals surface area contributed by atoms with E-state index in [-0.39, 0.29) is 18.1 Å². The summed E-state index contributed by atoms with van der Waals surface area (Å²) in [4.78, 5) is 33.1. The van der Waals surface area contributed by atoms with Crippen LogP contribution >= 0.6 is 11.8 Å². The average molecular weight is 452 g/mol. The molecular weight excluding hydrogens is 435 g/mol. The van der Waals surface area contributed by atoms with Gasteiger partial charge in [0.1, 0.15) is 23.4 Å². The Kier molecular flexibility index (Phi) is 5.14. The van der Waals surface area contributed by atoms with E-state index in [1.165, 1.54) is 34.9 Å². The molecule has 0 saturated carbocycles. The number of ether oxygens (including phenoxy) is 1. The van der Waals surface area contributed by atoms with Gasteiger partial charge in [0.25, 0.3) is 5.91 Å². The van der Waals surface area contributed by atoms with Crippen molar-refractivity contribution in [2.24, 2.45) is 0 Å². The van der Waals surface area contributed by atoms with Crippen molar-refractivity contribution in [3.8, 4) is 17.1 Å². The molecule has 2 unspecified atom stereocenters. The number of hydrogen-bond donors (Lipinski definition) is 0. The Hall–Kier alpha value is -3.66. The Bertz CT molecular complexity index is 1230.